The third kappa shape index (κ3) is 1.97. The Balaban J connectivity index is 1.80. The first-order chi connectivity index (χ1) is 11.4. The number of hydrogen-bond acceptors (Lipinski definition) is 3. The first kappa shape index (κ1) is 13.1. The predicted octanol–water partition coefficient (Wildman–Crippen LogP) is 3.22. The number of nitrogens with one attached hydrogen (secondary N) is 1. The highest BCUT2D eigenvalue weighted by atomic mass is 15.2. The van der Waals surface area contributed by atoms with Gasteiger partial charge in [0.05, 0.1) is 5.52 Å². The molecule has 2 aromatic carbocycles. The molecule has 1 fully saturated rings. The summed E-state index contributed by atoms with van der Waals surface area (Å²) in [6, 6.07) is 17.4. The second-order valence-corrected chi connectivity index (χ2v) is 6.38. The van der Waals surface area contributed by atoms with Crippen molar-refractivity contribution in [2.45, 2.75) is 6.42 Å². The third-order valence-electron chi connectivity index (χ3n) is 5.04. The van der Waals surface area contributed by atoms with Crippen LogP contribution >= 0.6 is 0 Å². The van der Waals surface area contributed by atoms with Gasteiger partial charge in [0.1, 0.15) is 5.82 Å². The Morgan fingerprint density at radius 1 is 0.913 bits per heavy atom. The van der Waals surface area contributed by atoms with E-state index in [1.807, 2.05) is 0 Å². The second kappa shape index (κ2) is 5.07. The molecule has 3 aromatic rings. The molecule has 2 aliphatic rings. The van der Waals surface area contributed by atoms with Crippen LogP contribution in [0.4, 0.5) is 5.82 Å². The fraction of sp³-hybridized carbons (Fsp3) is 0.250. The number of anilines is 1. The minimum Gasteiger partial charge on any atom is -0.354 e. The summed E-state index contributed by atoms with van der Waals surface area (Å²) in [5.74, 6) is 1.19. The number of nitrogens with zero attached hydrogens (tertiary/aromatic N) is 2. The first-order valence-electron chi connectivity index (χ1n) is 8.37. The van der Waals surface area contributed by atoms with E-state index in [9.17, 15) is 0 Å². The normalized spacial score (nSPS) is 16.4. The Kier molecular flexibility index (Phi) is 2.88. The van der Waals surface area contributed by atoms with Gasteiger partial charge in [0.2, 0.25) is 0 Å². The Hall–Kier alpha value is -2.39. The molecule has 0 spiro atoms. The molecular formula is C20H19N3. The van der Waals surface area contributed by atoms with Crippen LogP contribution in [0.3, 0.4) is 0 Å². The van der Waals surface area contributed by atoms with Crippen molar-refractivity contribution in [2.75, 3.05) is 31.1 Å². The minimum absolute atomic E-state index is 1.00. The smallest absolute Gasteiger partial charge is 0.133 e. The van der Waals surface area contributed by atoms with Crippen molar-refractivity contribution >= 4 is 16.7 Å². The van der Waals surface area contributed by atoms with Gasteiger partial charge in [-0.05, 0) is 22.8 Å². The molecule has 0 amide bonds. The van der Waals surface area contributed by atoms with Gasteiger partial charge in [-0.25, -0.2) is 4.98 Å². The van der Waals surface area contributed by atoms with E-state index < -0.39 is 0 Å². The molecule has 3 nitrogen and oxygen atoms in total. The Bertz CT molecular complexity index is 895. The Morgan fingerprint density at radius 2 is 1.70 bits per heavy atom. The molecule has 23 heavy (non-hydrogen) atoms. The van der Waals surface area contributed by atoms with Gasteiger partial charge in [0.25, 0.3) is 0 Å². The number of para-hydroxylation sites is 1. The van der Waals surface area contributed by atoms with Crippen LogP contribution in [-0.2, 0) is 6.42 Å². The van der Waals surface area contributed by atoms with Gasteiger partial charge in [-0.2, -0.15) is 0 Å². The average molecular weight is 301 g/mol. The second-order valence-electron chi connectivity index (χ2n) is 6.38. The van der Waals surface area contributed by atoms with E-state index in [1.54, 1.807) is 0 Å². The van der Waals surface area contributed by atoms with Crippen molar-refractivity contribution < 1.29 is 0 Å². The molecular weight excluding hydrogens is 282 g/mol. The zero-order chi connectivity index (χ0) is 15.2. The number of benzene rings is 2. The van der Waals surface area contributed by atoms with Crippen molar-refractivity contribution in [3.63, 3.8) is 0 Å². The summed E-state index contributed by atoms with van der Waals surface area (Å²) in [5, 5.41) is 4.72. The highest BCUT2D eigenvalue weighted by molar-refractivity contribution is 6.01. The third-order valence-corrected chi connectivity index (χ3v) is 5.04. The fourth-order valence-electron chi connectivity index (χ4n) is 3.96. The van der Waals surface area contributed by atoms with Crippen LogP contribution in [0.15, 0.2) is 48.5 Å². The number of pyridine rings is 1. The zero-order valence-electron chi connectivity index (χ0n) is 13.0. The van der Waals surface area contributed by atoms with Gasteiger partial charge in [-0.1, -0.05) is 42.5 Å². The molecule has 0 bridgehead atoms. The lowest BCUT2D eigenvalue weighted by atomic mass is 10.0. The summed E-state index contributed by atoms with van der Waals surface area (Å²) in [5.41, 5.74) is 6.73. The maximum atomic E-state index is 5.05. The van der Waals surface area contributed by atoms with E-state index in [1.165, 1.54) is 33.5 Å². The largest absolute Gasteiger partial charge is 0.354 e. The first-order valence-corrected chi connectivity index (χ1v) is 8.37. The lowest BCUT2D eigenvalue weighted by molar-refractivity contribution is 0.584. The van der Waals surface area contributed by atoms with Crippen LogP contribution in [-0.4, -0.2) is 31.2 Å². The molecule has 2 heterocycles. The number of fused-ring (bicyclic) bond motifs is 5. The minimum atomic E-state index is 1.00. The SMILES string of the molecule is c1ccc2c(c1)Cc1c(N3CCNCC3)nc3ccccc3c1-2. The summed E-state index contributed by atoms with van der Waals surface area (Å²) < 4.78 is 0. The van der Waals surface area contributed by atoms with Gasteiger partial charge < -0.3 is 10.2 Å². The summed E-state index contributed by atoms with van der Waals surface area (Å²) in [6.45, 7) is 4.15. The zero-order valence-corrected chi connectivity index (χ0v) is 13.0. The van der Waals surface area contributed by atoms with E-state index in [2.05, 4.69) is 58.7 Å². The predicted molar refractivity (Wildman–Crippen MR) is 95.1 cm³/mol. The van der Waals surface area contributed by atoms with Crippen molar-refractivity contribution in [1.82, 2.24) is 10.3 Å². The maximum absolute atomic E-state index is 5.05. The van der Waals surface area contributed by atoms with Crippen LogP contribution in [0.25, 0.3) is 22.0 Å². The Morgan fingerprint density at radius 3 is 2.61 bits per heavy atom. The number of aromatic nitrogens is 1. The van der Waals surface area contributed by atoms with E-state index in [4.69, 9.17) is 4.98 Å². The van der Waals surface area contributed by atoms with Crippen LogP contribution in [0, 0.1) is 0 Å². The van der Waals surface area contributed by atoms with Crippen molar-refractivity contribution in [3.05, 3.63) is 59.7 Å². The molecule has 1 aliphatic heterocycles. The molecule has 5 rings (SSSR count). The standard InChI is InChI=1S/C20H19N3/c1-2-6-15-14(5-1)13-17-19(15)16-7-3-4-8-18(16)22-20(17)23-11-9-21-10-12-23/h1-8,21H,9-13H2. The highest BCUT2D eigenvalue weighted by Gasteiger charge is 2.27. The van der Waals surface area contributed by atoms with Crippen LogP contribution in [0.2, 0.25) is 0 Å². The highest BCUT2D eigenvalue weighted by Crippen LogP contribution is 2.44. The molecule has 114 valence electrons. The molecule has 1 aromatic heterocycles. The van der Waals surface area contributed by atoms with E-state index >= 15 is 0 Å². The summed E-state index contributed by atoms with van der Waals surface area (Å²) in [7, 11) is 0. The molecule has 0 radical (unpaired) electrons. The van der Waals surface area contributed by atoms with Crippen molar-refractivity contribution in [2.24, 2.45) is 0 Å². The fourth-order valence-corrected chi connectivity index (χ4v) is 3.96. The topological polar surface area (TPSA) is 28.2 Å². The summed E-state index contributed by atoms with van der Waals surface area (Å²) >= 11 is 0. The van der Waals surface area contributed by atoms with Gasteiger partial charge in [0, 0.05) is 43.5 Å². The van der Waals surface area contributed by atoms with E-state index in [0.29, 0.717) is 0 Å². The Labute approximate surface area is 136 Å². The summed E-state index contributed by atoms with van der Waals surface area (Å²) in [4.78, 5) is 7.50. The molecule has 0 unspecified atom stereocenters. The van der Waals surface area contributed by atoms with E-state index in [0.717, 1.165) is 38.1 Å². The van der Waals surface area contributed by atoms with Crippen LogP contribution < -0.4 is 10.2 Å². The van der Waals surface area contributed by atoms with Crippen molar-refractivity contribution in [3.8, 4) is 11.1 Å². The monoisotopic (exact) mass is 301 g/mol. The average Bonchev–Trinajstić information content (AvgIpc) is 3.01. The van der Waals surface area contributed by atoms with E-state index in [-0.39, 0.29) is 0 Å². The van der Waals surface area contributed by atoms with Crippen LogP contribution in [0.5, 0.6) is 0 Å². The number of hydrogen-bond donors (Lipinski definition) is 1. The van der Waals surface area contributed by atoms with Gasteiger partial charge in [-0.15, -0.1) is 0 Å². The summed E-state index contributed by atoms with van der Waals surface area (Å²) in [6.07, 6.45) is 1.00. The number of piperazine rings is 1. The molecule has 1 saturated heterocycles. The molecule has 3 heteroatoms. The molecule has 0 saturated carbocycles. The molecule has 1 N–H and O–H groups in total. The van der Waals surface area contributed by atoms with Gasteiger partial charge in [-0.3, -0.25) is 0 Å². The quantitative estimate of drug-likeness (QED) is 0.585. The van der Waals surface area contributed by atoms with Crippen LogP contribution in [0.1, 0.15) is 11.1 Å². The maximum Gasteiger partial charge on any atom is 0.133 e. The van der Waals surface area contributed by atoms with Crippen molar-refractivity contribution in [1.29, 1.82) is 0 Å². The van der Waals surface area contributed by atoms with Gasteiger partial charge in [0.15, 0.2) is 0 Å². The molecule has 1 aliphatic carbocycles. The molecule has 0 atom stereocenters. The number of rotatable bonds is 1. The van der Waals surface area contributed by atoms with Gasteiger partial charge >= 0.3 is 0 Å². The lowest BCUT2D eigenvalue weighted by Gasteiger charge is -2.30. The lowest BCUT2D eigenvalue weighted by Crippen LogP contribution is -2.44.